The third-order valence-electron chi connectivity index (χ3n) is 2.85. The zero-order chi connectivity index (χ0) is 12.6. The predicted octanol–water partition coefficient (Wildman–Crippen LogP) is 2.52. The number of amides is 1. The third kappa shape index (κ3) is 2.00. The Kier molecular flexibility index (Phi) is 2.84. The summed E-state index contributed by atoms with van der Waals surface area (Å²) < 4.78 is 0. The van der Waals surface area contributed by atoms with Gasteiger partial charge in [0.1, 0.15) is 0 Å². The SMILES string of the molecule is CNC(=O)c1cc(C)nc2c(C)cc(C)cc12. The van der Waals surface area contributed by atoms with Crippen LogP contribution in [0.3, 0.4) is 0 Å². The Bertz CT molecular complexity index is 603. The van der Waals surface area contributed by atoms with E-state index in [1.165, 1.54) is 0 Å². The minimum Gasteiger partial charge on any atom is -0.355 e. The number of rotatable bonds is 1. The molecular weight excluding hydrogens is 212 g/mol. The lowest BCUT2D eigenvalue weighted by molar-refractivity contribution is 0.0964. The number of carbonyl (C=O) groups is 1. The van der Waals surface area contributed by atoms with E-state index in [2.05, 4.69) is 16.4 Å². The van der Waals surface area contributed by atoms with Crippen LogP contribution in [0.1, 0.15) is 27.2 Å². The van der Waals surface area contributed by atoms with Crippen molar-refractivity contribution in [2.45, 2.75) is 20.8 Å². The van der Waals surface area contributed by atoms with Crippen LogP contribution in [-0.2, 0) is 0 Å². The molecule has 0 radical (unpaired) electrons. The summed E-state index contributed by atoms with van der Waals surface area (Å²) in [5, 5.41) is 3.60. The van der Waals surface area contributed by atoms with Crippen LogP contribution in [0.5, 0.6) is 0 Å². The van der Waals surface area contributed by atoms with Crippen LogP contribution in [0.4, 0.5) is 0 Å². The van der Waals surface area contributed by atoms with Gasteiger partial charge in [0.2, 0.25) is 0 Å². The van der Waals surface area contributed by atoms with Crippen molar-refractivity contribution in [3.63, 3.8) is 0 Å². The lowest BCUT2D eigenvalue weighted by Crippen LogP contribution is -2.18. The van der Waals surface area contributed by atoms with Crippen LogP contribution in [0.15, 0.2) is 18.2 Å². The van der Waals surface area contributed by atoms with E-state index < -0.39 is 0 Å². The molecule has 0 aliphatic rings. The van der Waals surface area contributed by atoms with Gasteiger partial charge in [0.25, 0.3) is 5.91 Å². The van der Waals surface area contributed by atoms with Crippen LogP contribution in [0.2, 0.25) is 0 Å². The molecule has 0 fully saturated rings. The zero-order valence-electron chi connectivity index (χ0n) is 10.6. The summed E-state index contributed by atoms with van der Waals surface area (Å²) in [7, 11) is 1.65. The first-order chi connectivity index (χ1) is 8.02. The van der Waals surface area contributed by atoms with Crippen molar-refractivity contribution < 1.29 is 4.79 Å². The summed E-state index contributed by atoms with van der Waals surface area (Å²) in [5.41, 5.74) is 4.72. The van der Waals surface area contributed by atoms with Gasteiger partial charge in [-0.3, -0.25) is 9.78 Å². The van der Waals surface area contributed by atoms with E-state index >= 15 is 0 Å². The summed E-state index contributed by atoms with van der Waals surface area (Å²) >= 11 is 0. The van der Waals surface area contributed by atoms with Gasteiger partial charge in [-0.2, -0.15) is 0 Å². The Balaban J connectivity index is 2.87. The van der Waals surface area contributed by atoms with E-state index in [0.717, 1.165) is 27.7 Å². The van der Waals surface area contributed by atoms with Crippen LogP contribution in [0.25, 0.3) is 10.9 Å². The number of nitrogens with zero attached hydrogens (tertiary/aromatic N) is 1. The van der Waals surface area contributed by atoms with Crippen LogP contribution in [-0.4, -0.2) is 17.9 Å². The lowest BCUT2D eigenvalue weighted by Gasteiger charge is -2.09. The van der Waals surface area contributed by atoms with Gasteiger partial charge in [-0.25, -0.2) is 0 Å². The molecule has 0 aliphatic heterocycles. The smallest absolute Gasteiger partial charge is 0.251 e. The van der Waals surface area contributed by atoms with E-state index in [-0.39, 0.29) is 5.91 Å². The largest absolute Gasteiger partial charge is 0.355 e. The van der Waals surface area contributed by atoms with Crippen LogP contribution >= 0.6 is 0 Å². The predicted molar refractivity (Wildman–Crippen MR) is 69.3 cm³/mol. The van der Waals surface area contributed by atoms with Crippen molar-refractivity contribution in [3.05, 3.63) is 40.6 Å². The monoisotopic (exact) mass is 228 g/mol. The topological polar surface area (TPSA) is 42.0 Å². The minimum atomic E-state index is -0.0644. The number of hydrogen-bond donors (Lipinski definition) is 1. The normalized spacial score (nSPS) is 10.6. The summed E-state index contributed by atoms with van der Waals surface area (Å²) in [6, 6.07) is 5.93. The molecule has 0 saturated heterocycles. The zero-order valence-corrected chi connectivity index (χ0v) is 10.6. The second kappa shape index (κ2) is 4.17. The van der Waals surface area contributed by atoms with E-state index in [1.807, 2.05) is 32.9 Å². The fraction of sp³-hybridized carbons (Fsp3) is 0.286. The highest BCUT2D eigenvalue weighted by atomic mass is 16.1. The first-order valence-corrected chi connectivity index (χ1v) is 5.63. The number of aryl methyl sites for hydroxylation is 3. The van der Waals surface area contributed by atoms with Crippen molar-refractivity contribution >= 4 is 16.8 Å². The van der Waals surface area contributed by atoms with Crippen molar-refractivity contribution in [2.75, 3.05) is 7.05 Å². The first kappa shape index (κ1) is 11.6. The van der Waals surface area contributed by atoms with Crippen molar-refractivity contribution in [3.8, 4) is 0 Å². The molecule has 0 bridgehead atoms. The Morgan fingerprint density at radius 3 is 2.53 bits per heavy atom. The first-order valence-electron chi connectivity index (χ1n) is 5.63. The van der Waals surface area contributed by atoms with E-state index in [1.54, 1.807) is 7.05 Å². The molecule has 1 N–H and O–H groups in total. The number of hydrogen-bond acceptors (Lipinski definition) is 2. The molecule has 0 unspecified atom stereocenters. The van der Waals surface area contributed by atoms with Crippen LogP contribution < -0.4 is 5.32 Å². The maximum Gasteiger partial charge on any atom is 0.251 e. The summed E-state index contributed by atoms with van der Waals surface area (Å²) in [6.07, 6.45) is 0. The number of fused-ring (bicyclic) bond motifs is 1. The molecule has 3 heteroatoms. The number of aromatic nitrogens is 1. The van der Waals surface area contributed by atoms with E-state index in [4.69, 9.17) is 0 Å². The molecule has 0 saturated carbocycles. The van der Waals surface area contributed by atoms with Crippen molar-refractivity contribution in [2.24, 2.45) is 0 Å². The Hall–Kier alpha value is -1.90. The quantitative estimate of drug-likeness (QED) is 0.815. The molecule has 1 aromatic carbocycles. The fourth-order valence-electron chi connectivity index (χ4n) is 2.13. The number of nitrogens with one attached hydrogen (secondary N) is 1. The molecule has 2 aromatic rings. The van der Waals surface area contributed by atoms with Gasteiger partial charge < -0.3 is 5.32 Å². The third-order valence-corrected chi connectivity index (χ3v) is 2.85. The highest BCUT2D eigenvalue weighted by molar-refractivity contribution is 6.06. The van der Waals surface area contributed by atoms with Gasteiger partial charge in [-0.15, -0.1) is 0 Å². The highest BCUT2D eigenvalue weighted by Gasteiger charge is 2.12. The summed E-state index contributed by atoms with van der Waals surface area (Å²) in [4.78, 5) is 16.4. The average Bonchev–Trinajstić information content (AvgIpc) is 2.28. The summed E-state index contributed by atoms with van der Waals surface area (Å²) in [5.74, 6) is -0.0644. The molecule has 1 amide bonds. The maximum atomic E-state index is 11.9. The van der Waals surface area contributed by atoms with Gasteiger partial charge in [-0.1, -0.05) is 11.6 Å². The van der Waals surface area contributed by atoms with E-state index in [9.17, 15) is 4.79 Å². The van der Waals surface area contributed by atoms with Gasteiger partial charge in [0, 0.05) is 18.1 Å². The molecule has 0 aliphatic carbocycles. The molecule has 0 atom stereocenters. The molecule has 1 aromatic heterocycles. The lowest BCUT2D eigenvalue weighted by atomic mass is 10.0. The van der Waals surface area contributed by atoms with Gasteiger partial charge >= 0.3 is 0 Å². The Morgan fingerprint density at radius 2 is 1.88 bits per heavy atom. The van der Waals surface area contributed by atoms with E-state index in [0.29, 0.717) is 5.56 Å². The molecule has 88 valence electrons. The molecule has 1 heterocycles. The number of benzene rings is 1. The maximum absolute atomic E-state index is 11.9. The highest BCUT2D eigenvalue weighted by Crippen LogP contribution is 2.23. The molecular formula is C14H16N2O. The minimum absolute atomic E-state index is 0.0644. The number of pyridine rings is 1. The summed E-state index contributed by atoms with van der Waals surface area (Å²) in [6.45, 7) is 5.96. The average molecular weight is 228 g/mol. The molecule has 0 spiro atoms. The Labute approximate surface area is 101 Å². The second-order valence-electron chi connectivity index (χ2n) is 4.37. The fourth-order valence-corrected chi connectivity index (χ4v) is 2.13. The van der Waals surface area contributed by atoms with Gasteiger partial charge in [-0.05, 0) is 38.5 Å². The molecule has 2 rings (SSSR count). The van der Waals surface area contributed by atoms with Gasteiger partial charge in [0.15, 0.2) is 0 Å². The second-order valence-corrected chi connectivity index (χ2v) is 4.37. The standard InChI is InChI=1S/C14H16N2O/c1-8-5-9(2)13-11(6-8)12(14(17)15-4)7-10(3)16-13/h5-7H,1-4H3,(H,15,17). The van der Waals surface area contributed by atoms with Crippen LogP contribution in [0, 0.1) is 20.8 Å². The number of carbonyl (C=O) groups excluding carboxylic acids is 1. The molecule has 3 nitrogen and oxygen atoms in total. The van der Waals surface area contributed by atoms with Crippen molar-refractivity contribution in [1.82, 2.24) is 10.3 Å². The van der Waals surface area contributed by atoms with Gasteiger partial charge in [0.05, 0.1) is 11.1 Å². The van der Waals surface area contributed by atoms with Crippen molar-refractivity contribution in [1.29, 1.82) is 0 Å². The molecule has 17 heavy (non-hydrogen) atoms. The Morgan fingerprint density at radius 1 is 1.18 bits per heavy atom.